The lowest BCUT2D eigenvalue weighted by molar-refractivity contribution is 0.0527. The molecule has 0 unspecified atom stereocenters. The Morgan fingerprint density at radius 3 is 2.17 bits per heavy atom. The summed E-state index contributed by atoms with van der Waals surface area (Å²) in [4.78, 5) is 25.0. The molecule has 2 aromatic rings. The van der Waals surface area contributed by atoms with Gasteiger partial charge in [0.1, 0.15) is 15.6 Å². The van der Waals surface area contributed by atoms with Gasteiger partial charge in [-0.05, 0) is 69.7 Å². The number of anilines is 2. The van der Waals surface area contributed by atoms with Crippen LogP contribution in [0.25, 0.3) is 0 Å². The van der Waals surface area contributed by atoms with Crippen LogP contribution in [0.2, 0.25) is 0 Å². The summed E-state index contributed by atoms with van der Waals surface area (Å²) in [6.07, 6.45) is 0. The van der Waals surface area contributed by atoms with Gasteiger partial charge in [0.2, 0.25) is 0 Å². The van der Waals surface area contributed by atoms with Crippen LogP contribution in [0, 0.1) is 6.92 Å². The largest absolute Gasteiger partial charge is 0.494 e. The molecule has 0 fully saturated rings. The number of thiophene rings is 1. The minimum absolute atomic E-state index is 0.219. The van der Waals surface area contributed by atoms with Gasteiger partial charge in [-0.2, -0.15) is 0 Å². The van der Waals surface area contributed by atoms with Gasteiger partial charge in [-0.1, -0.05) is 0 Å². The third-order valence-corrected chi connectivity index (χ3v) is 5.13. The molecule has 1 heterocycles. The summed E-state index contributed by atoms with van der Waals surface area (Å²) in [6, 6.07) is 7.31. The number of nitrogens with one attached hydrogen (secondary N) is 2. The Morgan fingerprint density at radius 1 is 0.966 bits per heavy atom. The van der Waals surface area contributed by atoms with Crippen LogP contribution in [0.4, 0.5) is 10.7 Å². The van der Waals surface area contributed by atoms with Crippen LogP contribution < -0.4 is 15.4 Å². The fourth-order valence-corrected chi connectivity index (χ4v) is 3.89. The second kappa shape index (κ2) is 10.8. The molecule has 1 aromatic heterocycles. The molecule has 0 aliphatic rings. The maximum absolute atomic E-state index is 12.4. The summed E-state index contributed by atoms with van der Waals surface area (Å²) >= 11 is 6.47. The number of benzene rings is 1. The molecular formula is C20H24N2O5S2. The molecule has 2 N–H and O–H groups in total. The highest BCUT2D eigenvalue weighted by Gasteiger charge is 2.26. The van der Waals surface area contributed by atoms with E-state index >= 15 is 0 Å². The highest BCUT2D eigenvalue weighted by Crippen LogP contribution is 2.34. The van der Waals surface area contributed by atoms with E-state index in [1.165, 1.54) is 0 Å². The summed E-state index contributed by atoms with van der Waals surface area (Å²) in [5.41, 5.74) is 1.52. The summed E-state index contributed by atoms with van der Waals surface area (Å²) in [5, 5.41) is 6.74. The van der Waals surface area contributed by atoms with Crippen LogP contribution in [0.15, 0.2) is 24.3 Å². The van der Waals surface area contributed by atoms with E-state index in [1.54, 1.807) is 20.8 Å². The standard InChI is InChI=1S/C20H24N2O5S2/c1-5-25-14-10-8-13(9-11-14)21-20(28)22-17-15(18(23)26-6-2)12(4)16(29-17)19(24)27-7-3/h8-11H,5-7H2,1-4H3,(H2,21,22,28). The van der Waals surface area contributed by atoms with Gasteiger partial charge in [0.25, 0.3) is 0 Å². The molecule has 0 bridgehead atoms. The minimum Gasteiger partial charge on any atom is -0.494 e. The van der Waals surface area contributed by atoms with Gasteiger partial charge >= 0.3 is 11.9 Å². The Labute approximate surface area is 179 Å². The minimum atomic E-state index is -0.525. The fraction of sp³-hybridized carbons (Fsp3) is 0.350. The fourth-order valence-electron chi connectivity index (χ4n) is 2.51. The van der Waals surface area contributed by atoms with Gasteiger partial charge in [-0.25, -0.2) is 9.59 Å². The lowest BCUT2D eigenvalue weighted by Crippen LogP contribution is -2.20. The number of thiocarbonyl (C=S) groups is 1. The number of rotatable bonds is 8. The van der Waals surface area contributed by atoms with E-state index in [-0.39, 0.29) is 23.9 Å². The van der Waals surface area contributed by atoms with Crippen molar-refractivity contribution in [3.8, 4) is 5.75 Å². The predicted molar refractivity (Wildman–Crippen MR) is 118 cm³/mol. The molecule has 0 spiro atoms. The topological polar surface area (TPSA) is 85.9 Å². The quantitative estimate of drug-likeness (QED) is 0.458. The molecule has 9 heteroatoms. The van der Waals surface area contributed by atoms with Crippen molar-refractivity contribution in [1.29, 1.82) is 0 Å². The first-order valence-electron chi connectivity index (χ1n) is 9.19. The zero-order chi connectivity index (χ0) is 21.4. The predicted octanol–water partition coefficient (Wildman–Crippen LogP) is 4.62. The number of carbonyl (C=O) groups is 2. The monoisotopic (exact) mass is 436 g/mol. The lowest BCUT2D eigenvalue weighted by Gasteiger charge is -2.11. The van der Waals surface area contributed by atoms with Crippen molar-refractivity contribution in [2.24, 2.45) is 0 Å². The number of ether oxygens (including phenoxy) is 3. The number of esters is 2. The summed E-state index contributed by atoms with van der Waals surface area (Å²) in [5.74, 6) is -0.253. The summed E-state index contributed by atoms with van der Waals surface area (Å²) in [6.45, 7) is 8.09. The highest BCUT2D eigenvalue weighted by molar-refractivity contribution is 7.80. The highest BCUT2D eigenvalue weighted by atomic mass is 32.1. The molecular weight excluding hydrogens is 412 g/mol. The normalized spacial score (nSPS) is 10.2. The first-order valence-corrected chi connectivity index (χ1v) is 10.4. The van der Waals surface area contributed by atoms with E-state index in [2.05, 4.69) is 10.6 Å². The molecule has 0 amide bonds. The Morgan fingerprint density at radius 2 is 1.59 bits per heavy atom. The molecule has 0 aliphatic heterocycles. The molecule has 0 aliphatic carbocycles. The Kier molecular flexibility index (Phi) is 8.41. The second-order valence-electron chi connectivity index (χ2n) is 5.74. The van der Waals surface area contributed by atoms with E-state index in [4.69, 9.17) is 26.4 Å². The number of carbonyl (C=O) groups excluding carboxylic acids is 2. The van der Waals surface area contributed by atoms with Crippen molar-refractivity contribution >= 4 is 51.3 Å². The second-order valence-corrected chi connectivity index (χ2v) is 7.17. The van der Waals surface area contributed by atoms with Crippen molar-refractivity contribution in [2.75, 3.05) is 30.5 Å². The molecule has 29 heavy (non-hydrogen) atoms. The van der Waals surface area contributed by atoms with E-state index in [1.807, 2.05) is 31.2 Å². The molecule has 7 nitrogen and oxygen atoms in total. The van der Waals surface area contributed by atoms with Gasteiger partial charge in [-0.3, -0.25) is 0 Å². The van der Waals surface area contributed by atoms with E-state index in [0.717, 1.165) is 22.8 Å². The Hall–Kier alpha value is -2.65. The van der Waals surface area contributed by atoms with Crippen molar-refractivity contribution in [2.45, 2.75) is 27.7 Å². The first kappa shape index (κ1) is 22.6. The van der Waals surface area contributed by atoms with Crippen LogP contribution in [-0.4, -0.2) is 36.9 Å². The molecule has 156 valence electrons. The third-order valence-electron chi connectivity index (χ3n) is 3.74. The average Bonchev–Trinajstić information content (AvgIpc) is 3.00. The van der Waals surface area contributed by atoms with E-state index in [0.29, 0.717) is 22.0 Å². The number of hydrogen-bond donors (Lipinski definition) is 2. The van der Waals surface area contributed by atoms with Crippen molar-refractivity contribution in [3.05, 3.63) is 40.3 Å². The van der Waals surface area contributed by atoms with Gasteiger partial charge in [0.15, 0.2) is 5.11 Å². The van der Waals surface area contributed by atoms with Crippen LogP contribution in [-0.2, 0) is 9.47 Å². The van der Waals surface area contributed by atoms with E-state index < -0.39 is 11.9 Å². The first-order chi connectivity index (χ1) is 13.9. The lowest BCUT2D eigenvalue weighted by atomic mass is 10.1. The Bertz CT molecular complexity index is 878. The van der Waals surface area contributed by atoms with Gasteiger partial charge in [-0.15, -0.1) is 11.3 Å². The van der Waals surface area contributed by atoms with E-state index in [9.17, 15) is 9.59 Å². The van der Waals surface area contributed by atoms with Crippen LogP contribution in [0.1, 0.15) is 46.4 Å². The molecule has 0 radical (unpaired) electrons. The van der Waals surface area contributed by atoms with Gasteiger partial charge in [0, 0.05) is 5.69 Å². The van der Waals surface area contributed by atoms with Crippen LogP contribution >= 0.6 is 23.6 Å². The summed E-state index contributed by atoms with van der Waals surface area (Å²) < 4.78 is 15.6. The SMILES string of the molecule is CCOC(=O)c1sc(NC(=S)Nc2ccc(OCC)cc2)c(C(=O)OCC)c1C. The molecule has 0 saturated carbocycles. The maximum atomic E-state index is 12.4. The van der Waals surface area contributed by atoms with Crippen molar-refractivity contribution in [3.63, 3.8) is 0 Å². The van der Waals surface area contributed by atoms with Crippen molar-refractivity contribution < 1.29 is 23.8 Å². The zero-order valence-corrected chi connectivity index (χ0v) is 18.4. The maximum Gasteiger partial charge on any atom is 0.348 e. The smallest absolute Gasteiger partial charge is 0.348 e. The van der Waals surface area contributed by atoms with Crippen LogP contribution in [0.5, 0.6) is 5.75 Å². The third kappa shape index (κ3) is 5.91. The molecule has 0 atom stereocenters. The molecule has 2 rings (SSSR count). The van der Waals surface area contributed by atoms with Gasteiger partial charge in [0.05, 0.1) is 25.4 Å². The number of hydrogen-bond acceptors (Lipinski definition) is 7. The van der Waals surface area contributed by atoms with Gasteiger partial charge < -0.3 is 24.8 Å². The average molecular weight is 437 g/mol. The van der Waals surface area contributed by atoms with Crippen LogP contribution in [0.3, 0.4) is 0 Å². The van der Waals surface area contributed by atoms with Crippen molar-refractivity contribution in [1.82, 2.24) is 0 Å². The summed E-state index contributed by atoms with van der Waals surface area (Å²) in [7, 11) is 0. The molecule has 0 saturated heterocycles. The Balaban J connectivity index is 2.22. The zero-order valence-electron chi connectivity index (χ0n) is 16.8. The molecule has 1 aromatic carbocycles.